The van der Waals surface area contributed by atoms with E-state index in [0.717, 1.165) is 28.2 Å². The molecule has 0 radical (unpaired) electrons. The fourth-order valence-electron chi connectivity index (χ4n) is 3.36. The number of halogens is 12. The van der Waals surface area contributed by atoms with Crippen LogP contribution in [0.3, 0.4) is 0 Å². The van der Waals surface area contributed by atoms with Crippen molar-refractivity contribution >= 4 is 32.7 Å². The van der Waals surface area contributed by atoms with Gasteiger partial charge in [0.25, 0.3) is 15.8 Å². The van der Waals surface area contributed by atoms with Crippen molar-refractivity contribution in [1.82, 2.24) is 0 Å². The lowest BCUT2D eigenvalue weighted by molar-refractivity contribution is -0.485. The van der Waals surface area contributed by atoms with Gasteiger partial charge in [-0.05, 0) is 31.9 Å². The zero-order valence-corrected chi connectivity index (χ0v) is 20.6. The fraction of sp³-hybridized carbons (Fsp3) is 0.684. The molecule has 0 amide bonds. The van der Waals surface area contributed by atoms with Crippen LogP contribution in [0.2, 0.25) is 0 Å². The molecule has 1 aliphatic carbocycles. The van der Waals surface area contributed by atoms with Gasteiger partial charge in [0.15, 0.2) is 0 Å². The van der Waals surface area contributed by atoms with Crippen LogP contribution in [-0.2, 0) is 14.3 Å². The number of unbranched alkanes of at least 4 members (excludes halogenated alkanes) is 1. The summed E-state index contributed by atoms with van der Waals surface area (Å²) in [5.74, 6) is -35.2. The Morgan fingerprint density at radius 3 is 1.66 bits per heavy atom. The summed E-state index contributed by atoms with van der Waals surface area (Å²) < 4.78 is 178. The summed E-state index contributed by atoms with van der Waals surface area (Å²) in [5, 5.41) is 0. The Labute approximate surface area is 206 Å². The lowest BCUT2D eigenvalue weighted by Gasteiger charge is -2.53. The third-order valence-corrected chi connectivity index (χ3v) is 7.93. The SMILES string of the molecule is Cc1ccc(S(=O)(=O)OCCCCC(I)CC2(F)C(F)(F)C(F)(F)C(F)(F)C(F)(F)C2(F)F)cc1. The van der Waals surface area contributed by atoms with Crippen LogP contribution in [0.1, 0.15) is 31.2 Å². The Balaban J connectivity index is 2.06. The van der Waals surface area contributed by atoms with Gasteiger partial charge in [0.05, 0.1) is 11.5 Å². The number of benzene rings is 1. The van der Waals surface area contributed by atoms with E-state index in [1.54, 1.807) is 6.92 Å². The molecule has 3 nitrogen and oxygen atoms in total. The highest BCUT2D eigenvalue weighted by molar-refractivity contribution is 14.1. The van der Waals surface area contributed by atoms with Crippen LogP contribution in [0.25, 0.3) is 0 Å². The highest BCUT2D eigenvalue weighted by Gasteiger charge is 3.00. The summed E-state index contributed by atoms with van der Waals surface area (Å²) in [4.78, 5) is -0.186. The first-order valence-corrected chi connectivity index (χ1v) is 12.4. The van der Waals surface area contributed by atoms with Gasteiger partial charge >= 0.3 is 29.6 Å². The molecule has 16 heteroatoms. The minimum Gasteiger partial charge on any atom is -0.266 e. The van der Waals surface area contributed by atoms with Gasteiger partial charge in [-0.2, -0.15) is 52.3 Å². The molecule has 0 heterocycles. The quantitative estimate of drug-likeness (QED) is 0.0945. The number of aryl methyl sites for hydroxylation is 1. The first-order chi connectivity index (χ1) is 15.6. The normalized spacial score (nSPS) is 24.6. The van der Waals surface area contributed by atoms with E-state index in [-0.39, 0.29) is 17.7 Å². The van der Waals surface area contributed by atoms with Crippen molar-refractivity contribution in [3.63, 3.8) is 0 Å². The minimum atomic E-state index is -7.23. The van der Waals surface area contributed by atoms with Gasteiger partial charge in [-0.1, -0.05) is 46.7 Å². The predicted molar refractivity (Wildman–Crippen MR) is 109 cm³/mol. The topological polar surface area (TPSA) is 43.4 Å². The van der Waals surface area contributed by atoms with Gasteiger partial charge in [0.1, 0.15) is 0 Å². The Bertz CT molecular complexity index is 983. The van der Waals surface area contributed by atoms with Crippen molar-refractivity contribution in [2.45, 2.75) is 76.7 Å². The molecule has 0 spiro atoms. The van der Waals surface area contributed by atoms with Gasteiger partial charge in [-0.3, -0.25) is 4.18 Å². The Morgan fingerprint density at radius 1 is 0.771 bits per heavy atom. The average Bonchev–Trinajstić information content (AvgIpc) is 2.72. The molecule has 0 saturated heterocycles. The summed E-state index contributed by atoms with van der Waals surface area (Å²) in [6, 6.07) is 5.49. The van der Waals surface area contributed by atoms with Gasteiger partial charge in [0.2, 0.25) is 0 Å². The number of rotatable bonds is 9. The number of hydrogen-bond donors (Lipinski definition) is 0. The highest BCUT2D eigenvalue weighted by Crippen LogP contribution is 2.70. The maximum atomic E-state index is 14.8. The van der Waals surface area contributed by atoms with Crippen LogP contribution in [0.15, 0.2) is 29.2 Å². The van der Waals surface area contributed by atoms with Crippen molar-refractivity contribution in [2.24, 2.45) is 0 Å². The molecule has 1 atom stereocenters. The molecule has 0 N–H and O–H groups in total. The fourth-order valence-corrected chi connectivity index (χ4v) is 5.35. The van der Waals surface area contributed by atoms with E-state index < -0.39 is 68.8 Å². The lowest BCUT2D eigenvalue weighted by Crippen LogP contribution is -2.83. The molecule has 1 fully saturated rings. The van der Waals surface area contributed by atoms with Crippen LogP contribution < -0.4 is 0 Å². The molecular formula is C19H18F11IO3S. The minimum absolute atomic E-state index is 0.166. The second kappa shape index (κ2) is 9.44. The molecule has 1 aliphatic rings. The second-order valence-corrected chi connectivity index (χ2v) is 11.4. The van der Waals surface area contributed by atoms with E-state index in [4.69, 9.17) is 4.18 Å². The van der Waals surface area contributed by atoms with Crippen LogP contribution in [0.4, 0.5) is 48.3 Å². The van der Waals surface area contributed by atoms with E-state index in [1.807, 2.05) is 0 Å². The summed E-state index contributed by atoms with van der Waals surface area (Å²) in [6.07, 6.45) is -3.20. The van der Waals surface area contributed by atoms with Gasteiger partial charge in [-0.25, -0.2) is 4.39 Å². The summed E-state index contributed by atoms with van der Waals surface area (Å²) in [6.45, 7) is 1.21. The number of hydrogen-bond acceptors (Lipinski definition) is 3. The van der Waals surface area contributed by atoms with Gasteiger partial charge < -0.3 is 0 Å². The first kappa shape index (κ1) is 30.3. The molecule has 1 unspecified atom stereocenters. The molecule has 1 aromatic rings. The molecule has 1 aromatic carbocycles. The predicted octanol–water partition coefficient (Wildman–Crippen LogP) is 6.96. The molecule has 0 aliphatic heterocycles. The van der Waals surface area contributed by atoms with Crippen LogP contribution >= 0.6 is 22.6 Å². The van der Waals surface area contributed by atoms with Crippen molar-refractivity contribution < 1.29 is 60.9 Å². The maximum Gasteiger partial charge on any atom is 0.384 e. The monoisotopic (exact) mass is 662 g/mol. The van der Waals surface area contributed by atoms with E-state index >= 15 is 0 Å². The van der Waals surface area contributed by atoms with E-state index in [9.17, 15) is 56.7 Å². The summed E-state index contributed by atoms with van der Waals surface area (Å²) >= 11 is 1.06. The number of alkyl halides is 12. The zero-order chi connectivity index (χ0) is 27.3. The lowest BCUT2D eigenvalue weighted by atomic mass is 9.70. The molecule has 202 valence electrons. The van der Waals surface area contributed by atoms with Crippen molar-refractivity contribution in [3.8, 4) is 0 Å². The standard InChI is InChI=1S/C19H18F11IO3S/c1-11-5-7-13(8-6-11)35(32,33)34-9-3-2-4-12(31)10-14(20)15(21,22)17(25,26)19(29,30)18(27,28)16(14,23)24/h5-8,12H,2-4,9-10H2,1H3. The van der Waals surface area contributed by atoms with E-state index in [1.165, 1.54) is 24.3 Å². The van der Waals surface area contributed by atoms with E-state index in [2.05, 4.69) is 0 Å². The van der Waals surface area contributed by atoms with Crippen molar-refractivity contribution in [3.05, 3.63) is 29.8 Å². The smallest absolute Gasteiger partial charge is 0.266 e. The third-order valence-electron chi connectivity index (χ3n) is 5.54. The van der Waals surface area contributed by atoms with Gasteiger partial charge in [0, 0.05) is 10.3 Å². The van der Waals surface area contributed by atoms with Crippen LogP contribution in [0, 0.1) is 6.92 Å². The van der Waals surface area contributed by atoms with Crippen molar-refractivity contribution in [2.75, 3.05) is 6.61 Å². The Hall–Kier alpha value is -0.910. The van der Waals surface area contributed by atoms with Crippen LogP contribution in [-0.4, -0.2) is 54.2 Å². The molecule has 0 aromatic heterocycles. The Kier molecular flexibility index (Phi) is 8.17. The molecule has 1 saturated carbocycles. The highest BCUT2D eigenvalue weighted by atomic mass is 127. The largest absolute Gasteiger partial charge is 0.384 e. The van der Waals surface area contributed by atoms with Crippen LogP contribution in [0.5, 0.6) is 0 Å². The average molecular weight is 662 g/mol. The van der Waals surface area contributed by atoms with Gasteiger partial charge in [-0.15, -0.1) is 0 Å². The first-order valence-electron chi connectivity index (χ1n) is 9.78. The Morgan fingerprint density at radius 2 is 1.20 bits per heavy atom. The summed E-state index contributed by atoms with van der Waals surface area (Å²) in [5.41, 5.74) is -5.25. The second-order valence-electron chi connectivity index (χ2n) is 8.06. The third kappa shape index (κ3) is 4.63. The van der Waals surface area contributed by atoms with E-state index in [0.29, 0.717) is 0 Å². The molecule has 0 bridgehead atoms. The summed E-state index contributed by atoms with van der Waals surface area (Å²) in [7, 11) is -4.18. The zero-order valence-electron chi connectivity index (χ0n) is 17.6. The van der Waals surface area contributed by atoms with Crippen molar-refractivity contribution in [1.29, 1.82) is 0 Å². The maximum absolute atomic E-state index is 14.8. The molecule has 2 rings (SSSR count). The molecule has 35 heavy (non-hydrogen) atoms. The molecular weight excluding hydrogens is 644 g/mol.